The highest BCUT2D eigenvalue weighted by Gasteiger charge is 2.06. The first-order valence-electron chi connectivity index (χ1n) is 6.11. The largest absolute Gasteiger partial charge is 0.378 e. The van der Waals surface area contributed by atoms with Gasteiger partial charge in [-0.1, -0.05) is 12.1 Å². The highest BCUT2D eigenvalue weighted by Crippen LogP contribution is 2.17. The van der Waals surface area contributed by atoms with Gasteiger partial charge in [0.15, 0.2) is 5.82 Å². The van der Waals surface area contributed by atoms with Crippen molar-refractivity contribution in [3.8, 4) is 5.82 Å². The van der Waals surface area contributed by atoms with Crippen LogP contribution >= 0.6 is 0 Å². The Hall–Kier alpha value is -2.76. The lowest BCUT2D eigenvalue weighted by Gasteiger charge is -2.10. The van der Waals surface area contributed by atoms with Gasteiger partial charge >= 0.3 is 0 Å². The van der Waals surface area contributed by atoms with Crippen LogP contribution in [-0.4, -0.2) is 19.7 Å². The first-order valence-corrected chi connectivity index (χ1v) is 6.11. The maximum Gasteiger partial charge on any atom is 0.178 e. The van der Waals surface area contributed by atoms with Crippen molar-refractivity contribution < 1.29 is 4.39 Å². The summed E-state index contributed by atoms with van der Waals surface area (Å²) < 4.78 is 14.7. The molecule has 0 saturated carbocycles. The Bertz CT molecular complexity index is 696. The van der Waals surface area contributed by atoms with E-state index in [2.05, 4.69) is 20.4 Å². The minimum Gasteiger partial charge on any atom is -0.378 e. The molecule has 0 bridgehead atoms. The van der Waals surface area contributed by atoms with E-state index in [1.165, 1.54) is 18.5 Å². The number of aromatic nitrogens is 4. The van der Waals surface area contributed by atoms with Crippen LogP contribution in [0.5, 0.6) is 0 Å². The fourth-order valence-electron chi connectivity index (χ4n) is 1.88. The van der Waals surface area contributed by atoms with Gasteiger partial charge in [-0.15, -0.1) is 0 Å². The van der Waals surface area contributed by atoms with Crippen molar-refractivity contribution >= 4 is 5.69 Å². The number of rotatable bonds is 4. The van der Waals surface area contributed by atoms with Gasteiger partial charge in [0.2, 0.25) is 0 Å². The number of pyridine rings is 1. The molecule has 3 aromatic rings. The van der Waals surface area contributed by atoms with Crippen LogP contribution in [0.2, 0.25) is 0 Å². The standard InChI is InChI=1S/C14H12FN5/c15-12-4-1-3-11(7-12)8-18-13-5-2-6-17-14(13)20-10-16-9-19-20/h1-7,9-10,18H,8H2. The molecule has 0 aliphatic heterocycles. The summed E-state index contributed by atoms with van der Waals surface area (Å²) >= 11 is 0. The Labute approximate surface area is 115 Å². The fraction of sp³-hybridized carbons (Fsp3) is 0.0714. The molecule has 0 spiro atoms. The first kappa shape index (κ1) is 12.3. The Kier molecular flexibility index (Phi) is 3.36. The molecule has 2 heterocycles. The topological polar surface area (TPSA) is 55.6 Å². The van der Waals surface area contributed by atoms with Crippen LogP contribution < -0.4 is 5.32 Å². The van der Waals surface area contributed by atoms with Gasteiger partial charge < -0.3 is 5.32 Å². The van der Waals surface area contributed by atoms with Crippen molar-refractivity contribution in [3.05, 3.63) is 66.6 Å². The molecule has 0 fully saturated rings. The highest BCUT2D eigenvalue weighted by atomic mass is 19.1. The molecule has 0 radical (unpaired) electrons. The molecule has 2 aromatic heterocycles. The lowest BCUT2D eigenvalue weighted by atomic mass is 10.2. The average Bonchev–Trinajstić information content (AvgIpc) is 3.00. The monoisotopic (exact) mass is 269 g/mol. The molecule has 1 aromatic carbocycles. The molecule has 100 valence electrons. The Morgan fingerprint density at radius 2 is 2.15 bits per heavy atom. The van der Waals surface area contributed by atoms with Crippen LogP contribution in [-0.2, 0) is 6.54 Å². The van der Waals surface area contributed by atoms with E-state index < -0.39 is 0 Å². The molecule has 0 atom stereocenters. The molecule has 0 aliphatic carbocycles. The molecule has 20 heavy (non-hydrogen) atoms. The average molecular weight is 269 g/mol. The smallest absolute Gasteiger partial charge is 0.178 e. The summed E-state index contributed by atoms with van der Waals surface area (Å²) in [6, 6.07) is 10.2. The second-order valence-electron chi connectivity index (χ2n) is 4.20. The van der Waals surface area contributed by atoms with Crippen molar-refractivity contribution in [1.29, 1.82) is 0 Å². The first-order chi connectivity index (χ1) is 9.83. The second-order valence-corrected chi connectivity index (χ2v) is 4.20. The van der Waals surface area contributed by atoms with Gasteiger partial charge in [-0.25, -0.2) is 19.0 Å². The summed E-state index contributed by atoms with van der Waals surface area (Å²) in [4.78, 5) is 8.18. The predicted octanol–water partition coefficient (Wildman–Crippen LogP) is 2.41. The summed E-state index contributed by atoms with van der Waals surface area (Å²) in [6.45, 7) is 0.505. The molecule has 0 aliphatic rings. The van der Waals surface area contributed by atoms with E-state index in [0.717, 1.165) is 11.3 Å². The van der Waals surface area contributed by atoms with E-state index in [9.17, 15) is 4.39 Å². The van der Waals surface area contributed by atoms with Gasteiger partial charge in [0.25, 0.3) is 0 Å². The summed E-state index contributed by atoms with van der Waals surface area (Å²) in [7, 11) is 0. The minimum absolute atomic E-state index is 0.244. The molecular weight excluding hydrogens is 257 g/mol. The number of hydrogen-bond donors (Lipinski definition) is 1. The maximum atomic E-state index is 13.1. The van der Waals surface area contributed by atoms with Crippen molar-refractivity contribution in [2.24, 2.45) is 0 Å². The summed E-state index contributed by atoms with van der Waals surface area (Å²) in [5, 5.41) is 7.29. The molecular formula is C14H12FN5. The number of anilines is 1. The zero-order chi connectivity index (χ0) is 13.8. The van der Waals surface area contributed by atoms with E-state index in [1.54, 1.807) is 23.3 Å². The van der Waals surface area contributed by atoms with E-state index in [4.69, 9.17) is 0 Å². The Morgan fingerprint density at radius 1 is 1.20 bits per heavy atom. The van der Waals surface area contributed by atoms with Gasteiger partial charge in [-0.2, -0.15) is 5.10 Å². The molecule has 0 unspecified atom stereocenters. The van der Waals surface area contributed by atoms with Crippen LogP contribution in [0.3, 0.4) is 0 Å². The van der Waals surface area contributed by atoms with Crippen LogP contribution in [0, 0.1) is 5.82 Å². The highest BCUT2D eigenvalue weighted by molar-refractivity contribution is 5.56. The minimum atomic E-state index is -0.244. The molecule has 0 amide bonds. The third kappa shape index (κ3) is 2.64. The number of nitrogens with zero attached hydrogens (tertiary/aromatic N) is 4. The Morgan fingerprint density at radius 3 is 2.95 bits per heavy atom. The third-order valence-electron chi connectivity index (χ3n) is 2.79. The molecule has 1 N–H and O–H groups in total. The molecule has 5 nitrogen and oxygen atoms in total. The number of halogens is 1. The van der Waals surface area contributed by atoms with Crippen molar-refractivity contribution in [1.82, 2.24) is 19.7 Å². The lowest BCUT2D eigenvalue weighted by Crippen LogP contribution is -2.06. The molecule has 3 rings (SSSR count). The lowest BCUT2D eigenvalue weighted by molar-refractivity contribution is 0.626. The van der Waals surface area contributed by atoms with Crippen LogP contribution in [0.4, 0.5) is 10.1 Å². The molecule has 6 heteroatoms. The maximum absolute atomic E-state index is 13.1. The number of benzene rings is 1. The summed E-state index contributed by atoms with van der Waals surface area (Å²) in [5.41, 5.74) is 1.67. The van der Waals surface area contributed by atoms with E-state index in [-0.39, 0.29) is 5.82 Å². The van der Waals surface area contributed by atoms with Gasteiger partial charge in [-0.3, -0.25) is 0 Å². The number of nitrogens with one attached hydrogen (secondary N) is 1. The van der Waals surface area contributed by atoms with Gasteiger partial charge in [0, 0.05) is 12.7 Å². The quantitative estimate of drug-likeness (QED) is 0.790. The predicted molar refractivity (Wildman–Crippen MR) is 72.9 cm³/mol. The SMILES string of the molecule is Fc1cccc(CNc2cccnc2-n2cncn2)c1. The zero-order valence-electron chi connectivity index (χ0n) is 10.6. The van der Waals surface area contributed by atoms with Crippen molar-refractivity contribution in [2.45, 2.75) is 6.54 Å². The van der Waals surface area contributed by atoms with Crippen LogP contribution in [0.1, 0.15) is 5.56 Å². The van der Waals surface area contributed by atoms with Gasteiger partial charge in [0.05, 0.1) is 5.69 Å². The summed E-state index contributed by atoms with van der Waals surface area (Å²) in [5.74, 6) is 0.411. The van der Waals surface area contributed by atoms with E-state index in [0.29, 0.717) is 12.4 Å². The second kappa shape index (κ2) is 5.48. The van der Waals surface area contributed by atoms with E-state index >= 15 is 0 Å². The van der Waals surface area contributed by atoms with Gasteiger partial charge in [0.1, 0.15) is 18.5 Å². The van der Waals surface area contributed by atoms with Crippen LogP contribution in [0.25, 0.3) is 5.82 Å². The fourth-order valence-corrected chi connectivity index (χ4v) is 1.88. The normalized spacial score (nSPS) is 10.4. The van der Waals surface area contributed by atoms with E-state index in [1.807, 2.05) is 18.2 Å². The third-order valence-corrected chi connectivity index (χ3v) is 2.79. The number of hydrogen-bond acceptors (Lipinski definition) is 4. The van der Waals surface area contributed by atoms with Crippen LogP contribution in [0.15, 0.2) is 55.2 Å². The zero-order valence-corrected chi connectivity index (χ0v) is 10.6. The van der Waals surface area contributed by atoms with Gasteiger partial charge in [-0.05, 0) is 29.8 Å². The van der Waals surface area contributed by atoms with Crippen molar-refractivity contribution in [2.75, 3.05) is 5.32 Å². The van der Waals surface area contributed by atoms with Crippen molar-refractivity contribution in [3.63, 3.8) is 0 Å². The summed E-state index contributed by atoms with van der Waals surface area (Å²) in [6.07, 6.45) is 4.71. The molecule has 0 saturated heterocycles. The Balaban J connectivity index is 1.81.